The molecule has 0 aromatic heterocycles. The van der Waals surface area contributed by atoms with Gasteiger partial charge in [-0.2, -0.15) is 0 Å². The molecule has 2 aliphatic rings. The van der Waals surface area contributed by atoms with Crippen molar-refractivity contribution in [2.75, 3.05) is 38.6 Å². The molecule has 0 unspecified atom stereocenters. The number of methoxy groups -OCH3 is 1. The van der Waals surface area contributed by atoms with E-state index in [1.807, 2.05) is 18.2 Å². The highest BCUT2D eigenvalue weighted by Crippen LogP contribution is 2.23. The standard InChI is InChI=1S/C21H23N3O4/c1-27-19-6-3-15(4-7-19)20(25)23-8-10-24(11-9-23)21(26)22-18-5-2-16-13-28-14-17(16)12-18/h2-7,12H,8-11,13-14H2,1H3,(H,22,26). The minimum absolute atomic E-state index is 0.0265. The lowest BCUT2D eigenvalue weighted by atomic mass is 10.1. The third-order valence-electron chi connectivity index (χ3n) is 5.16. The molecule has 0 atom stereocenters. The zero-order valence-electron chi connectivity index (χ0n) is 15.8. The summed E-state index contributed by atoms with van der Waals surface area (Å²) < 4.78 is 10.5. The SMILES string of the molecule is COc1ccc(C(=O)N2CCN(C(=O)Nc3ccc4c(c3)COC4)CC2)cc1. The van der Waals surface area contributed by atoms with Gasteiger partial charge in [0, 0.05) is 37.4 Å². The smallest absolute Gasteiger partial charge is 0.321 e. The number of nitrogens with zero attached hydrogens (tertiary/aromatic N) is 2. The third-order valence-corrected chi connectivity index (χ3v) is 5.16. The lowest BCUT2D eigenvalue weighted by molar-refractivity contribution is 0.0671. The van der Waals surface area contributed by atoms with Gasteiger partial charge in [-0.1, -0.05) is 6.07 Å². The summed E-state index contributed by atoms with van der Waals surface area (Å²) in [6.45, 7) is 3.25. The summed E-state index contributed by atoms with van der Waals surface area (Å²) in [5.41, 5.74) is 3.68. The first-order chi connectivity index (χ1) is 13.6. The van der Waals surface area contributed by atoms with Crippen LogP contribution in [0.2, 0.25) is 0 Å². The van der Waals surface area contributed by atoms with Crippen molar-refractivity contribution in [1.29, 1.82) is 0 Å². The maximum atomic E-state index is 12.6. The number of carbonyl (C=O) groups is 2. The molecular formula is C21H23N3O4. The number of hydrogen-bond donors (Lipinski definition) is 1. The predicted octanol–water partition coefficient (Wildman–Crippen LogP) is 2.72. The Bertz CT molecular complexity index is 874. The molecule has 0 spiro atoms. The molecule has 146 valence electrons. The predicted molar refractivity (Wildman–Crippen MR) is 104 cm³/mol. The van der Waals surface area contributed by atoms with Crippen LogP contribution in [0, 0.1) is 0 Å². The lowest BCUT2D eigenvalue weighted by Crippen LogP contribution is -2.51. The van der Waals surface area contributed by atoms with E-state index in [0.717, 1.165) is 17.0 Å². The average molecular weight is 381 g/mol. The Morgan fingerprint density at radius 2 is 1.61 bits per heavy atom. The highest BCUT2D eigenvalue weighted by molar-refractivity contribution is 5.95. The molecule has 0 aliphatic carbocycles. The molecule has 0 radical (unpaired) electrons. The van der Waals surface area contributed by atoms with Gasteiger partial charge < -0.3 is 24.6 Å². The summed E-state index contributed by atoms with van der Waals surface area (Å²) in [5.74, 6) is 0.692. The van der Waals surface area contributed by atoms with E-state index in [1.54, 1.807) is 41.2 Å². The van der Waals surface area contributed by atoms with Crippen LogP contribution in [0.1, 0.15) is 21.5 Å². The van der Waals surface area contributed by atoms with Crippen LogP contribution < -0.4 is 10.1 Å². The Kier molecular flexibility index (Phi) is 5.16. The van der Waals surface area contributed by atoms with E-state index in [-0.39, 0.29) is 11.9 Å². The summed E-state index contributed by atoms with van der Waals surface area (Å²) in [6, 6.07) is 12.8. The molecule has 2 aliphatic heterocycles. The third kappa shape index (κ3) is 3.80. The quantitative estimate of drug-likeness (QED) is 0.888. The highest BCUT2D eigenvalue weighted by Gasteiger charge is 2.25. The molecule has 3 amide bonds. The van der Waals surface area contributed by atoms with Crippen LogP contribution >= 0.6 is 0 Å². The van der Waals surface area contributed by atoms with Crippen molar-refractivity contribution in [3.05, 3.63) is 59.2 Å². The molecule has 7 heteroatoms. The van der Waals surface area contributed by atoms with Gasteiger partial charge in [0.05, 0.1) is 20.3 Å². The van der Waals surface area contributed by atoms with Crippen LogP contribution in [0.25, 0.3) is 0 Å². The highest BCUT2D eigenvalue weighted by atomic mass is 16.5. The van der Waals surface area contributed by atoms with Crippen molar-refractivity contribution in [3.63, 3.8) is 0 Å². The maximum absolute atomic E-state index is 12.6. The lowest BCUT2D eigenvalue weighted by Gasteiger charge is -2.34. The minimum atomic E-state index is -0.143. The van der Waals surface area contributed by atoms with E-state index < -0.39 is 0 Å². The fraction of sp³-hybridized carbons (Fsp3) is 0.333. The van der Waals surface area contributed by atoms with Gasteiger partial charge in [0.1, 0.15) is 5.75 Å². The van der Waals surface area contributed by atoms with Crippen molar-refractivity contribution in [1.82, 2.24) is 9.80 Å². The van der Waals surface area contributed by atoms with Crippen LogP contribution in [-0.4, -0.2) is 55.0 Å². The monoisotopic (exact) mass is 381 g/mol. The number of fused-ring (bicyclic) bond motifs is 1. The zero-order chi connectivity index (χ0) is 19.5. The number of carbonyl (C=O) groups excluding carboxylic acids is 2. The average Bonchev–Trinajstić information content (AvgIpc) is 3.21. The van der Waals surface area contributed by atoms with E-state index in [9.17, 15) is 9.59 Å². The summed E-state index contributed by atoms with van der Waals surface area (Å²) >= 11 is 0. The fourth-order valence-electron chi connectivity index (χ4n) is 3.48. The number of urea groups is 1. The zero-order valence-corrected chi connectivity index (χ0v) is 15.8. The molecule has 1 N–H and O–H groups in total. The second kappa shape index (κ2) is 7.90. The van der Waals surface area contributed by atoms with Gasteiger partial charge in [-0.3, -0.25) is 4.79 Å². The first-order valence-corrected chi connectivity index (χ1v) is 9.33. The number of anilines is 1. The van der Waals surface area contributed by atoms with Crippen molar-refractivity contribution in [3.8, 4) is 5.75 Å². The molecular weight excluding hydrogens is 358 g/mol. The van der Waals surface area contributed by atoms with Gasteiger partial charge in [-0.25, -0.2) is 4.79 Å². The van der Waals surface area contributed by atoms with Crippen LogP contribution in [-0.2, 0) is 18.0 Å². The largest absolute Gasteiger partial charge is 0.497 e. The molecule has 4 rings (SSSR count). The number of amides is 3. The second-order valence-corrected chi connectivity index (χ2v) is 6.91. The Morgan fingerprint density at radius 3 is 2.32 bits per heavy atom. The summed E-state index contributed by atoms with van der Waals surface area (Å²) in [4.78, 5) is 28.7. The Hall–Kier alpha value is -3.06. The van der Waals surface area contributed by atoms with E-state index in [1.165, 1.54) is 5.56 Å². The Morgan fingerprint density at radius 1 is 0.929 bits per heavy atom. The van der Waals surface area contributed by atoms with Crippen LogP contribution in [0.15, 0.2) is 42.5 Å². The van der Waals surface area contributed by atoms with Gasteiger partial charge in [0.2, 0.25) is 0 Å². The summed E-state index contributed by atoms with van der Waals surface area (Å²) in [7, 11) is 1.59. The van der Waals surface area contributed by atoms with Gasteiger partial charge in [0.15, 0.2) is 0 Å². The number of nitrogens with one attached hydrogen (secondary N) is 1. The van der Waals surface area contributed by atoms with Crippen molar-refractivity contribution in [2.24, 2.45) is 0 Å². The number of piperazine rings is 1. The molecule has 0 saturated carbocycles. The molecule has 28 heavy (non-hydrogen) atoms. The maximum Gasteiger partial charge on any atom is 0.321 e. The van der Waals surface area contributed by atoms with E-state index in [2.05, 4.69) is 5.32 Å². The molecule has 1 fully saturated rings. The number of ether oxygens (including phenoxy) is 2. The molecule has 1 saturated heterocycles. The van der Waals surface area contributed by atoms with Crippen LogP contribution in [0.3, 0.4) is 0 Å². The molecule has 0 bridgehead atoms. The topological polar surface area (TPSA) is 71.1 Å². The normalized spacial score (nSPS) is 15.9. The van der Waals surface area contributed by atoms with Gasteiger partial charge in [0.25, 0.3) is 5.91 Å². The van der Waals surface area contributed by atoms with E-state index in [0.29, 0.717) is 45.0 Å². The molecule has 7 nitrogen and oxygen atoms in total. The van der Waals surface area contributed by atoms with E-state index >= 15 is 0 Å². The Balaban J connectivity index is 1.31. The van der Waals surface area contributed by atoms with Crippen LogP contribution in [0.4, 0.5) is 10.5 Å². The number of hydrogen-bond acceptors (Lipinski definition) is 4. The summed E-state index contributed by atoms with van der Waals surface area (Å²) in [6.07, 6.45) is 0. The minimum Gasteiger partial charge on any atom is -0.497 e. The molecule has 2 heterocycles. The van der Waals surface area contributed by atoms with Gasteiger partial charge in [-0.15, -0.1) is 0 Å². The molecule has 2 aromatic rings. The molecule has 2 aromatic carbocycles. The van der Waals surface area contributed by atoms with Gasteiger partial charge in [-0.05, 0) is 47.5 Å². The van der Waals surface area contributed by atoms with Crippen molar-refractivity contribution >= 4 is 17.6 Å². The summed E-state index contributed by atoms with van der Waals surface area (Å²) in [5, 5.41) is 2.94. The van der Waals surface area contributed by atoms with Gasteiger partial charge >= 0.3 is 6.03 Å². The number of rotatable bonds is 3. The van der Waals surface area contributed by atoms with Crippen LogP contribution in [0.5, 0.6) is 5.75 Å². The fourth-order valence-corrected chi connectivity index (χ4v) is 3.48. The second-order valence-electron chi connectivity index (χ2n) is 6.91. The first-order valence-electron chi connectivity index (χ1n) is 9.33. The Labute approximate surface area is 163 Å². The number of benzene rings is 2. The van der Waals surface area contributed by atoms with E-state index in [4.69, 9.17) is 9.47 Å². The first kappa shape index (κ1) is 18.3. The van der Waals surface area contributed by atoms with Crippen molar-refractivity contribution < 1.29 is 19.1 Å². The van der Waals surface area contributed by atoms with Crippen molar-refractivity contribution in [2.45, 2.75) is 13.2 Å².